The van der Waals surface area contributed by atoms with Gasteiger partial charge in [0.1, 0.15) is 0 Å². The number of hydrogen-bond acceptors (Lipinski definition) is 4. The first-order valence-electron chi connectivity index (χ1n) is 8.17. The van der Waals surface area contributed by atoms with Gasteiger partial charge in [0.05, 0.1) is 6.34 Å². The van der Waals surface area contributed by atoms with Crippen LogP contribution >= 0.6 is 13.3 Å². The fraction of sp³-hybridized carbons (Fsp3) is 0. The first-order chi connectivity index (χ1) is 13.4. The number of halogens is 1. The molecule has 3 heterocycles. The van der Waals surface area contributed by atoms with E-state index >= 15 is 0 Å². The molecule has 0 unspecified atom stereocenters. The molecule has 4 nitrogen and oxygen atoms in total. The minimum absolute atomic E-state index is 0.852. The Bertz CT molecular complexity index is 1120. The van der Waals surface area contributed by atoms with E-state index in [2.05, 4.69) is 51.8 Å². The van der Waals surface area contributed by atoms with Crippen molar-refractivity contribution in [1.82, 2.24) is 9.97 Å². The average molecular weight is 596 g/mol. The summed E-state index contributed by atoms with van der Waals surface area (Å²) in [5.74, 6) is 0. The Morgan fingerprint density at radius 2 is 1.52 bits per heavy atom. The quantitative estimate of drug-likeness (QED) is 0.303. The molecule has 27 heavy (non-hydrogen) atoms. The first kappa shape index (κ1) is 18.0. The molecule has 134 valence electrons. The summed E-state index contributed by atoms with van der Waals surface area (Å²) in [6.45, 7) is 0. The van der Waals surface area contributed by atoms with Gasteiger partial charge in [-0.3, -0.25) is 15.0 Å². The maximum Gasteiger partial charge on any atom is 0.0842 e. The summed E-state index contributed by atoms with van der Waals surface area (Å²) >= 11 is 4.86. The molecule has 0 bridgehead atoms. The monoisotopic (exact) mass is 595 g/mol. The summed E-state index contributed by atoms with van der Waals surface area (Å²) in [5, 5.41) is 5.39. The van der Waals surface area contributed by atoms with E-state index in [0.29, 0.717) is 0 Å². The number of pyridine rings is 2. The van der Waals surface area contributed by atoms with E-state index < -0.39 is 0 Å². The third-order valence-electron chi connectivity index (χ3n) is 4.31. The molecular weight excluding hydrogens is 583 g/mol. The van der Waals surface area contributed by atoms with Crippen LogP contribution in [0.5, 0.6) is 0 Å². The summed E-state index contributed by atoms with van der Waals surface area (Å²) in [6.07, 6.45) is 5.31. The van der Waals surface area contributed by atoms with E-state index in [9.17, 15) is 0 Å². The molecule has 0 amide bonds. The minimum Gasteiger partial charge on any atom is -0.347 e. The van der Waals surface area contributed by atoms with Crippen molar-refractivity contribution in [3.63, 3.8) is 0 Å². The minimum atomic E-state index is 0.852. The molecule has 1 aliphatic rings. The van der Waals surface area contributed by atoms with Crippen LogP contribution in [0.2, 0.25) is 0 Å². The van der Waals surface area contributed by atoms with Crippen LogP contribution in [-0.4, -0.2) is 16.3 Å². The summed E-state index contributed by atoms with van der Waals surface area (Å²) in [7, 11) is 0. The van der Waals surface area contributed by atoms with Crippen molar-refractivity contribution in [1.29, 1.82) is 0 Å². The zero-order chi connectivity index (χ0) is 18.6. The zero-order valence-electron chi connectivity index (χ0n) is 14.0. The molecular formula is C21H13BrN4Pt. The zero-order valence-corrected chi connectivity index (χ0v) is 17.8. The molecule has 0 atom stereocenters. The fourth-order valence-corrected chi connectivity index (χ4v) is 3.22. The van der Waals surface area contributed by atoms with Crippen molar-refractivity contribution in [2.75, 3.05) is 5.32 Å². The second kappa shape index (κ2) is 8.11. The van der Waals surface area contributed by atoms with Crippen LogP contribution in [0.4, 0.5) is 11.4 Å². The molecule has 2 aromatic carbocycles. The number of nitrogens with zero attached hydrogens (tertiary/aromatic N) is 3. The van der Waals surface area contributed by atoms with E-state index in [1.165, 1.54) is 0 Å². The van der Waals surface area contributed by atoms with Crippen LogP contribution in [0, 0.1) is 6.07 Å². The number of nitrogens with one attached hydrogen (secondary N) is 1. The van der Waals surface area contributed by atoms with Crippen molar-refractivity contribution in [3.05, 3.63) is 73.1 Å². The van der Waals surface area contributed by atoms with Gasteiger partial charge in [-0.15, -0.1) is 6.07 Å². The molecule has 4 aromatic rings. The Kier molecular flexibility index (Phi) is 5.42. The normalized spacial score (nSPS) is 11.5. The van der Waals surface area contributed by atoms with E-state index in [-0.39, 0.29) is 0 Å². The van der Waals surface area contributed by atoms with Crippen molar-refractivity contribution in [2.24, 2.45) is 4.99 Å². The number of benzene rings is 2. The molecule has 1 aliphatic heterocycles. The first-order valence-corrected chi connectivity index (χ1v) is 13.1. The van der Waals surface area contributed by atoms with Gasteiger partial charge in [-0.2, -0.15) is 0 Å². The predicted octanol–water partition coefficient (Wildman–Crippen LogP) is 5.69. The van der Waals surface area contributed by atoms with Gasteiger partial charge in [0.25, 0.3) is 0 Å². The van der Waals surface area contributed by atoms with Gasteiger partial charge in [-0.1, -0.05) is 52.9 Å². The van der Waals surface area contributed by atoms with Gasteiger partial charge >= 0.3 is 31.1 Å². The van der Waals surface area contributed by atoms with Gasteiger partial charge in [0, 0.05) is 35.2 Å². The Labute approximate surface area is 174 Å². The van der Waals surface area contributed by atoms with Crippen LogP contribution in [0.3, 0.4) is 0 Å². The topological polar surface area (TPSA) is 50.2 Å². The molecule has 0 spiro atoms. The largest absolute Gasteiger partial charge is 0.347 e. The van der Waals surface area contributed by atoms with E-state index in [4.69, 9.17) is 0 Å². The molecule has 0 fully saturated rings. The van der Waals surface area contributed by atoms with Gasteiger partial charge < -0.3 is 5.32 Å². The summed E-state index contributed by atoms with van der Waals surface area (Å²) < 4.78 is 0. The van der Waals surface area contributed by atoms with Crippen molar-refractivity contribution in [2.45, 2.75) is 0 Å². The van der Waals surface area contributed by atoms with E-state index in [1.807, 2.05) is 60.2 Å². The number of anilines is 1. The third kappa shape index (κ3) is 3.33. The molecule has 6 heteroatoms. The van der Waals surface area contributed by atoms with Crippen LogP contribution in [-0.2, 0) is 17.8 Å². The number of aromatic nitrogens is 2. The Morgan fingerprint density at radius 1 is 0.815 bits per heavy atom. The van der Waals surface area contributed by atoms with Crippen LogP contribution < -0.4 is 5.32 Å². The van der Waals surface area contributed by atoms with Gasteiger partial charge in [-0.05, 0) is 23.6 Å². The van der Waals surface area contributed by atoms with Gasteiger partial charge in [0.15, 0.2) is 0 Å². The molecule has 1 N–H and O–H groups in total. The van der Waals surface area contributed by atoms with Crippen LogP contribution in [0.15, 0.2) is 72.0 Å². The number of aliphatic imine (C=N–C) groups is 1. The Morgan fingerprint density at radius 3 is 2.19 bits per heavy atom. The summed E-state index contributed by atoms with van der Waals surface area (Å²) in [4.78, 5) is 13.6. The molecule has 0 aliphatic carbocycles. The number of rotatable bonds is 2. The SMILES string of the molecule is [Br][Pt+].[c-]1c(-c2ccccn2)c2c3c(cccc3c1-c1ccccn1)NC=N2. The molecule has 0 radical (unpaired) electrons. The fourth-order valence-electron chi connectivity index (χ4n) is 3.22. The van der Waals surface area contributed by atoms with Crippen molar-refractivity contribution < 1.29 is 17.8 Å². The van der Waals surface area contributed by atoms with Gasteiger partial charge in [-0.25, -0.2) is 0 Å². The molecule has 2 aromatic heterocycles. The average Bonchev–Trinajstić information content (AvgIpc) is 2.77. The predicted molar refractivity (Wildman–Crippen MR) is 110 cm³/mol. The maximum atomic E-state index is 4.59. The van der Waals surface area contributed by atoms with Gasteiger partial charge in [0.2, 0.25) is 0 Å². The molecule has 0 saturated carbocycles. The van der Waals surface area contributed by atoms with Crippen molar-refractivity contribution >= 4 is 41.8 Å². The van der Waals surface area contributed by atoms with E-state index in [1.54, 1.807) is 18.7 Å². The van der Waals surface area contributed by atoms with Crippen LogP contribution in [0.25, 0.3) is 33.3 Å². The molecule has 0 saturated heterocycles. The van der Waals surface area contributed by atoms with E-state index in [0.717, 1.165) is 44.7 Å². The maximum absolute atomic E-state index is 4.59. The molecule has 5 rings (SSSR count). The van der Waals surface area contributed by atoms with Crippen molar-refractivity contribution in [3.8, 4) is 22.5 Å². The van der Waals surface area contributed by atoms with Crippen LogP contribution in [0.1, 0.15) is 0 Å². The Hall–Kier alpha value is -2.36. The summed E-state index contributed by atoms with van der Waals surface area (Å²) in [5.41, 5.74) is 5.51. The Balaban J connectivity index is 0.000000872. The standard InChI is InChI=1S/C21H13N4.BrH.Pt/c1-3-10-22-17(7-1)15-12-16(18-8-2-4-11-23-18)21-20-14(15)6-5-9-19(20)24-13-25-21;;/h1-11,13H,(H,24,25);1H;/q-1;;+2/p-1. The summed E-state index contributed by atoms with van der Waals surface area (Å²) in [6, 6.07) is 21.5. The number of hydrogen-bond donors (Lipinski definition) is 1. The third-order valence-corrected chi connectivity index (χ3v) is 4.31. The second-order valence-electron chi connectivity index (χ2n) is 5.78. The smallest absolute Gasteiger partial charge is 0.0842 e. The second-order valence-corrected chi connectivity index (χ2v) is 5.78.